The number of rotatable bonds is 4. The first-order valence-electron chi connectivity index (χ1n) is 6.59. The molecule has 1 aromatic carbocycles. The Kier molecular flexibility index (Phi) is 4.45. The van der Waals surface area contributed by atoms with Crippen LogP contribution in [0, 0.1) is 0 Å². The van der Waals surface area contributed by atoms with E-state index in [9.17, 15) is 9.59 Å². The second kappa shape index (κ2) is 6.67. The molecule has 116 valence electrons. The number of nitrogens with zero attached hydrogens (tertiary/aromatic N) is 2. The number of nitrogens with one attached hydrogen (secondary N) is 1. The first kappa shape index (κ1) is 15.3. The molecular weight excluding hydrogens is 334 g/mol. The molecule has 1 N–H and O–H groups in total. The van der Waals surface area contributed by atoms with E-state index in [1.165, 1.54) is 24.3 Å². The number of ether oxygens (including phenoxy) is 1. The molecule has 8 heteroatoms. The predicted octanol–water partition coefficient (Wildman–Crippen LogP) is 3.44. The molecule has 0 spiro atoms. The number of hydrogen-bond acceptors (Lipinski definition) is 7. The summed E-state index contributed by atoms with van der Waals surface area (Å²) >= 11 is 2.86. The lowest BCUT2D eigenvalue weighted by molar-refractivity contribution is -0.131. The number of hydrogen-bond donors (Lipinski definition) is 1. The quantitative estimate of drug-likeness (QED) is 0.578. The highest BCUT2D eigenvalue weighted by Gasteiger charge is 2.12. The lowest BCUT2D eigenvalue weighted by atomic mass is 10.2. The average molecular weight is 345 g/mol. The highest BCUT2D eigenvalue weighted by Crippen LogP contribution is 2.29. The summed E-state index contributed by atoms with van der Waals surface area (Å²) in [7, 11) is 0. The van der Waals surface area contributed by atoms with Crippen LogP contribution in [0.25, 0.3) is 9.88 Å². The van der Waals surface area contributed by atoms with Crippen LogP contribution in [-0.4, -0.2) is 22.1 Å². The topological polar surface area (TPSA) is 81.2 Å². The predicted molar refractivity (Wildman–Crippen MR) is 88.9 cm³/mol. The maximum atomic E-state index is 12.2. The largest absolute Gasteiger partial charge is 0.427 e. The molecule has 0 aliphatic heterocycles. The Morgan fingerprint density at radius 2 is 2.04 bits per heavy atom. The van der Waals surface area contributed by atoms with E-state index in [1.54, 1.807) is 29.5 Å². The van der Waals surface area contributed by atoms with Gasteiger partial charge in [0.15, 0.2) is 5.01 Å². The molecule has 0 fully saturated rings. The van der Waals surface area contributed by atoms with E-state index >= 15 is 0 Å². The van der Waals surface area contributed by atoms with Gasteiger partial charge in [-0.2, -0.15) is 0 Å². The minimum atomic E-state index is -0.438. The monoisotopic (exact) mass is 345 g/mol. The molecule has 0 aliphatic rings. The van der Waals surface area contributed by atoms with Crippen LogP contribution in [0.15, 0.2) is 41.8 Å². The smallest absolute Gasteiger partial charge is 0.308 e. The van der Waals surface area contributed by atoms with Gasteiger partial charge < -0.3 is 4.74 Å². The van der Waals surface area contributed by atoms with Gasteiger partial charge in [0.05, 0.1) is 4.88 Å². The minimum Gasteiger partial charge on any atom is -0.427 e. The van der Waals surface area contributed by atoms with E-state index in [-0.39, 0.29) is 5.91 Å². The van der Waals surface area contributed by atoms with E-state index in [4.69, 9.17) is 4.74 Å². The summed E-state index contributed by atoms with van der Waals surface area (Å²) in [6.07, 6.45) is 0. The lowest BCUT2D eigenvalue weighted by Gasteiger charge is -2.04. The van der Waals surface area contributed by atoms with Crippen molar-refractivity contribution in [1.29, 1.82) is 0 Å². The molecule has 0 aliphatic carbocycles. The number of esters is 1. The zero-order valence-corrected chi connectivity index (χ0v) is 13.6. The van der Waals surface area contributed by atoms with Crippen molar-refractivity contribution >= 4 is 39.7 Å². The summed E-state index contributed by atoms with van der Waals surface area (Å²) in [5.74, 6) is -0.457. The highest BCUT2D eigenvalue weighted by molar-refractivity contribution is 7.23. The Balaban J connectivity index is 1.73. The van der Waals surface area contributed by atoms with Crippen LogP contribution in [0.1, 0.15) is 17.3 Å². The third-order valence-electron chi connectivity index (χ3n) is 2.74. The molecule has 0 saturated heterocycles. The fraction of sp³-hybridized carbons (Fsp3) is 0.0667. The van der Waals surface area contributed by atoms with Crippen molar-refractivity contribution in [3.63, 3.8) is 0 Å². The van der Waals surface area contributed by atoms with Crippen LogP contribution in [0.5, 0.6) is 5.75 Å². The third-order valence-corrected chi connectivity index (χ3v) is 4.61. The van der Waals surface area contributed by atoms with Gasteiger partial charge in [0, 0.05) is 12.5 Å². The molecule has 0 unspecified atom stereocenters. The number of benzene rings is 1. The number of aromatic nitrogens is 2. The minimum absolute atomic E-state index is 0.321. The summed E-state index contributed by atoms with van der Waals surface area (Å²) in [6.45, 7) is 1.31. The zero-order valence-electron chi connectivity index (χ0n) is 12.0. The number of amides is 1. The second-order valence-electron chi connectivity index (χ2n) is 4.47. The van der Waals surface area contributed by atoms with E-state index in [2.05, 4.69) is 15.5 Å². The van der Waals surface area contributed by atoms with Gasteiger partial charge in [0.1, 0.15) is 5.75 Å². The van der Waals surface area contributed by atoms with Crippen LogP contribution >= 0.6 is 22.7 Å². The van der Waals surface area contributed by atoms with Gasteiger partial charge in [-0.05, 0) is 29.6 Å². The van der Waals surface area contributed by atoms with Crippen molar-refractivity contribution in [2.24, 2.45) is 0 Å². The Hall–Kier alpha value is -2.58. The standard InChI is InChI=1S/C15H11N3O3S2/c1-9(19)21-11-5-2-4-10(8-11)13(20)16-15-18-17-14(23-15)12-6-3-7-22-12/h2-8H,1H3,(H,16,18,20). The van der Waals surface area contributed by atoms with Crippen molar-refractivity contribution in [2.45, 2.75) is 6.92 Å². The Bertz CT molecular complexity index is 843. The fourth-order valence-electron chi connectivity index (χ4n) is 1.81. The third kappa shape index (κ3) is 3.79. The van der Waals surface area contributed by atoms with Gasteiger partial charge >= 0.3 is 5.97 Å². The van der Waals surface area contributed by atoms with Crippen molar-refractivity contribution < 1.29 is 14.3 Å². The molecule has 23 heavy (non-hydrogen) atoms. The summed E-state index contributed by atoms with van der Waals surface area (Å²) in [5.41, 5.74) is 0.372. The van der Waals surface area contributed by atoms with Gasteiger partial charge in [-0.3, -0.25) is 14.9 Å². The number of carbonyl (C=O) groups is 2. The van der Waals surface area contributed by atoms with Crippen molar-refractivity contribution in [3.8, 4) is 15.6 Å². The molecule has 3 aromatic rings. The van der Waals surface area contributed by atoms with E-state index < -0.39 is 5.97 Å². The van der Waals surface area contributed by atoms with E-state index in [0.717, 1.165) is 9.88 Å². The van der Waals surface area contributed by atoms with Crippen LogP contribution in [0.4, 0.5) is 5.13 Å². The number of anilines is 1. The van der Waals surface area contributed by atoms with Gasteiger partial charge in [-0.25, -0.2) is 0 Å². The molecule has 2 heterocycles. The first-order chi connectivity index (χ1) is 11.1. The number of thiophene rings is 1. The van der Waals surface area contributed by atoms with Gasteiger partial charge in [-0.15, -0.1) is 21.5 Å². The van der Waals surface area contributed by atoms with Crippen LogP contribution < -0.4 is 10.1 Å². The summed E-state index contributed by atoms with van der Waals surface area (Å²) in [5, 5.41) is 13.8. The molecule has 6 nitrogen and oxygen atoms in total. The molecule has 0 saturated carbocycles. The normalized spacial score (nSPS) is 10.3. The molecule has 0 atom stereocenters. The fourth-order valence-corrected chi connectivity index (χ4v) is 3.34. The molecular formula is C15H11N3O3S2. The van der Waals surface area contributed by atoms with Crippen LogP contribution in [-0.2, 0) is 4.79 Å². The van der Waals surface area contributed by atoms with Crippen LogP contribution in [0.3, 0.4) is 0 Å². The molecule has 3 rings (SSSR count). The van der Waals surface area contributed by atoms with E-state index in [1.807, 2.05) is 17.5 Å². The Morgan fingerprint density at radius 3 is 2.78 bits per heavy atom. The van der Waals surface area contributed by atoms with Gasteiger partial charge in [0.25, 0.3) is 5.91 Å². The summed E-state index contributed by atoms with van der Waals surface area (Å²) in [4.78, 5) is 24.2. The van der Waals surface area contributed by atoms with Crippen LogP contribution in [0.2, 0.25) is 0 Å². The molecule has 0 radical (unpaired) electrons. The molecule has 2 aromatic heterocycles. The first-order valence-corrected chi connectivity index (χ1v) is 8.28. The maximum absolute atomic E-state index is 12.2. The van der Waals surface area contributed by atoms with Crippen molar-refractivity contribution in [1.82, 2.24) is 10.2 Å². The second-order valence-corrected chi connectivity index (χ2v) is 6.39. The van der Waals surface area contributed by atoms with Crippen molar-refractivity contribution in [3.05, 3.63) is 47.3 Å². The van der Waals surface area contributed by atoms with Crippen molar-refractivity contribution in [2.75, 3.05) is 5.32 Å². The molecule has 1 amide bonds. The average Bonchev–Trinajstić information content (AvgIpc) is 3.17. The number of carbonyl (C=O) groups excluding carboxylic acids is 2. The summed E-state index contributed by atoms with van der Waals surface area (Å²) < 4.78 is 4.97. The zero-order chi connectivity index (χ0) is 16.2. The van der Waals surface area contributed by atoms with E-state index in [0.29, 0.717) is 16.4 Å². The van der Waals surface area contributed by atoms with Gasteiger partial charge in [-0.1, -0.05) is 23.5 Å². The lowest BCUT2D eigenvalue weighted by Crippen LogP contribution is -2.12. The molecule has 0 bridgehead atoms. The maximum Gasteiger partial charge on any atom is 0.308 e. The summed E-state index contributed by atoms with van der Waals surface area (Å²) in [6, 6.07) is 10.3. The SMILES string of the molecule is CC(=O)Oc1cccc(C(=O)Nc2nnc(-c3cccs3)s2)c1. The Labute approximate surface area is 139 Å². The highest BCUT2D eigenvalue weighted by atomic mass is 32.1. The van der Waals surface area contributed by atoms with Gasteiger partial charge in [0.2, 0.25) is 5.13 Å². The Morgan fingerprint density at radius 1 is 1.17 bits per heavy atom.